The van der Waals surface area contributed by atoms with Crippen LogP contribution in [0.5, 0.6) is 0 Å². The molecule has 7 nitrogen and oxygen atoms in total. The average Bonchev–Trinajstić information content (AvgIpc) is 2.85. The third-order valence-corrected chi connectivity index (χ3v) is 6.70. The lowest BCUT2D eigenvalue weighted by Crippen LogP contribution is -2.48. The molecule has 0 spiro atoms. The standard InChI is InChI=1S/C24H26Cl2F3N7/c1-4-36(15(2)3)23-32-20(16-7-8-18(25)19(26)14-16)31-22(33-23)35-12-10-34(11-13-35)21-17(24(27,28)29)6-5-9-30-21/h5-9,14-15H,4,10-13H2,1-3H3. The highest BCUT2D eigenvalue weighted by atomic mass is 35.5. The highest BCUT2D eigenvalue weighted by Crippen LogP contribution is 2.36. The SMILES string of the molecule is CCN(c1nc(-c2ccc(Cl)c(Cl)c2)nc(N2CCN(c3ncccc3C(F)(F)F)CC2)n1)C(C)C. The number of pyridine rings is 1. The summed E-state index contributed by atoms with van der Waals surface area (Å²) in [5.74, 6) is 1.36. The van der Waals surface area contributed by atoms with E-state index in [1.165, 1.54) is 12.3 Å². The summed E-state index contributed by atoms with van der Waals surface area (Å²) in [6, 6.07) is 7.69. The Morgan fingerprint density at radius 2 is 1.67 bits per heavy atom. The first-order chi connectivity index (χ1) is 17.1. The fraction of sp³-hybridized carbons (Fsp3) is 0.417. The van der Waals surface area contributed by atoms with Gasteiger partial charge in [-0.25, -0.2) is 4.98 Å². The Bertz CT molecular complexity index is 1210. The highest BCUT2D eigenvalue weighted by molar-refractivity contribution is 6.42. The van der Waals surface area contributed by atoms with Gasteiger partial charge in [0.05, 0.1) is 15.6 Å². The first-order valence-electron chi connectivity index (χ1n) is 11.6. The molecule has 3 aromatic rings. The van der Waals surface area contributed by atoms with Crippen molar-refractivity contribution < 1.29 is 13.2 Å². The van der Waals surface area contributed by atoms with Crippen molar-refractivity contribution in [1.82, 2.24) is 19.9 Å². The largest absolute Gasteiger partial charge is 0.419 e. The third kappa shape index (κ3) is 5.59. The van der Waals surface area contributed by atoms with Crippen LogP contribution in [-0.2, 0) is 6.18 Å². The van der Waals surface area contributed by atoms with Crippen molar-refractivity contribution in [3.8, 4) is 11.4 Å². The Labute approximate surface area is 217 Å². The molecule has 0 atom stereocenters. The number of piperazine rings is 1. The summed E-state index contributed by atoms with van der Waals surface area (Å²) in [6.45, 7) is 8.33. The molecule has 2 aromatic heterocycles. The number of anilines is 3. The Hall–Kier alpha value is -2.85. The molecule has 1 aliphatic heterocycles. The molecule has 0 unspecified atom stereocenters. The average molecular weight is 540 g/mol. The molecule has 192 valence electrons. The van der Waals surface area contributed by atoms with E-state index in [4.69, 9.17) is 33.2 Å². The molecule has 36 heavy (non-hydrogen) atoms. The number of hydrogen-bond acceptors (Lipinski definition) is 7. The predicted molar refractivity (Wildman–Crippen MR) is 137 cm³/mol. The molecule has 1 aliphatic rings. The van der Waals surface area contributed by atoms with Crippen LogP contribution in [0, 0.1) is 0 Å². The highest BCUT2D eigenvalue weighted by Gasteiger charge is 2.36. The smallest absolute Gasteiger partial charge is 0.353 e. The van der Waals surface area contributed by atoms with Gasteiger partial charge < -0.3 is 14.7 Å². The van der Waals surface area contributed by atoms with E-state index in [9.17, 15) is 13.2 Å². The topological polar surface area (TPSA) is 61.3 Å². The minimum Gasteiger partial charge on any atom is -0.353 e. The van der Waals surface area contributed by atoms with E-state index in [1.54, 1.807) is 23.1 Å². The maximum absolute atomic E-state index is 13.5. The van der Waals surface area contributed by atoms with Crippen molar-refractivity contribution in [3.63, 3.8) is 0 Å². The van der Waals surface area contributed by atoms with E-state index < -0.39 is 11.7 Å². The summed E-state index contributed by atoms with van der Waals surface area (Å²) < 4.78 is 40.5. The van der Waals surface area contributed by atoms with Gasteiger partial charge in [0, 0.05) is 50.5 Å². The van der Waals surface area contributed by atoms with Crippen LogP contribution in [-0.4, -0.2) is 58.7 Å². The zero-order chi connectivity index (χ0) is 26.0. The number of halogens is 5. The Kier molecular flexibility index (Phi) is 7.75. The van der Waals surface area contributed by atoms with Crippen LogP contribution in [0.3, 0.4) is 0 Å². The summed E-state index contributed by atoms with van der Waals surface area (Å²) in [7, 11) is 0. The van der Waals surface area contributed by atoms with Crippen LogP contribution < -0.4 is 14.7 Å². The van der Waals surface area contributed by atoms with Crippen LogP contribution >= 0.6 is 23.2 Å². The zero-order valence-corrected chi connectivity index (χ0v) is 21.6. The molecule has 3 heterocycles. The van der Waals surface area contributed by atoms with Crippen molar-refractivity contribution >= 4 is 40.9 Å². The summed E-state index contributed by atoms with van der Waals surface area (Å²) in [5.41, 5.74) is -0.0469. The quantitative estimate of drug-likeness (QED) is 0.391. The lowest BCUT2D eigenvalue weighted by Gasteiger charge is -2.36. The molecule has 0 bridgehead atoms. The molecule has 0 aliphatic carbocycles. The second-order valence-electron chi connectivity index (χ2n) is 8.61. The lowest BCUT2D eigenvalue weighted by atomic mass is 10.2. The van der Waals surface area contributed by atoms with Gasteiger partial charge in [-0.15, -0.1) is 0 Å². The van der Waals surface area contributed by atoms with E-state index in [2.05, 4.69) is 23.8 Å². The van der Waals surface area contributed by atoms with Crippen molar-refractivity contribution in [2.75, 3.05) is 47.4 Å². The van der Waals surface area contributed by atoms with Crippen LogP contribution in [0.25, 0.3) is 11.4 Å². The molecule has 4 rings (SSSR count). The van der Waals surface area contributed by atoms with E-state index in [1.807, 2.05) is 16.7 Å². The fourth-order valence-electron chi connectivity index (χ4n) is 4.11. The van der Waals surface area contributed by atoms with Gasteiger partial charge in [0.25, 0.3) is 0 Å². The normalized spacial score (nSPS) is 14.5. The molecular formula is C24H26Cl2F3N7. The number of benzene rings is 1. The van der Waals surface area contributed by atoms with Crippen molar-refractivity contribution in [1.29, 1.82) is 0 Å². The molecule has 0 radical (unpaired) electrons. The predicted octanol–water partition coefficient (Wildman–Crippen LogP) is 5.82. The van der Waals surface area contributed by atoms with E-state index in [-0.39, 0.29) is 11.9 Å². The molecule has 1 fully saturated rings. The van der Waals surface area contributed by atoms with Crippen molar-refractivity contribution in [3.05, 3.63) is 52.1 Å². The van der Waals surface area contributed by atoms with Crippen LogP contribution in [0.15, 0.2) is 36.5 Å². The number of aromatic nitrogens is 4. The summed E-state index contributed by atoms with van der Waals surface area (Å²) in [4.78, 5) is 23.8. The van der Waals surface area contributed by atoms with Gasteiger partial charge in [-0.05, 0) is 51.1 Å². The van der Waals surface area contributed by atoms with Crippen LogP contribution in [0.4, 0.5) is 30.9 Å². The minimum absolute atomic E-state index is 0.0607. The lowest BCUT2D eigenvalue weighted by molar-refractivity contribution is -0.137. The van der Waals surface area contributed by atoms with Gasteiger partial charge in [0.1, 0.15) is 5.82 Å². The van der Waals surface area contributed by atoms with Gasteiger partial charge in [-0.1, -0.05) is 23.2 Å². The second kappa shape index (κ2) is 10.6. The third-order valence-electron chi connectivity index (χ3n) is 5.96. The summed E-state index contributed by atoms with van der Waals surface area (Å²) >= 11 is 12.3. The maximum Gasteiger partial charge on any atom is 0.419 e. The molecule has 1 saturated heterocycles. The number of rotatable bonds is 6. The number of hydrogen-bond donors (Lipinski definition) is 0. The maximum atomic E-state index is 13.5. The van der Waals surface area contributed by atoms with E-state index in [0.717, 1.165) is 6.07 Å². The van der Waals surface area contributed by atoms with Crippen molar-refractivity contribution in [2.45, 2.75) is 33.0 Å². The Morgan fingerprint density at radius 3 is 2.28 bits per heavy atom. The van der Waals surface area contributed by atoms with E-state index in [0.29, 0.717) is 66.1 Å². The van der Waals surface area contributed by atoms with Crippen LogP contribution in [0.2, 0.25) is 10.0 Å². The van der Waals surface area contributed by atoms with Crippen molar-refractivity contribution in [2.24, 2.45) is 0 Å². The Morgan fingerprint density at radius 1 is 0.972 bits per heavy atom. The number of alkyl halides is 3. The Balaban J connectivity index is 1.65. The number of nitrogens with zero attached hydrogens (tertiary/aromatic N) is 7. The fourth-order valence-corrected chi connectivity index (χ4v) is 4.41. The molecule has 0 amide bonds. The van der Waals surface area contributed by atoms with Gasteiger partial charge in [-0.3, -0.25) is 0 Å². The molecule has 12 heteroatoms. The van der Waals surface area contributed by atoms with Gasteiger partial charge >= 0.3 is 6.18 Å². The molecular weight excluding hydrogens is 514 g/mol. The first-order valence-corrected chi connectivity index (χ1v) is 12.3. The molecule has 1 aromatic carbocycles. The van der Waals surface area contributed by atoms with Gasteiger partial charge in [0.15, 0.2) is 5.82 Å². The molecule has 0 saturated carbocycles. The second-order valence-corrected chi connectivity index (χ2v) is 9.43. The van der Waals surface area contributed by atoms with Gasteiger partial charge in [0.2, 0.25) is 11.9 Å². The minimum atomic E-state index is -4.47. The monoisotopic (exact) mass is 539 g/mol. The summed E-state index contributed by atoms with van der Waals surface area (Å²) in [6.07, 6.45) is -3.09. The molecule has 0 N–H and O–H groups in total. The first kappa shape index (κ1) is 26.2. The van der Waals surface area contributed by atoms with Gasteiger partial charge in [-0.2, -0.15) is 28.1 Å². The van der Waals surface area contributed by atoms with Crippen LogP contribution in [0.1, 0.15) is 26.3 Å². The summed E-state index contributed by atoms with van der Waals surface area (Å²) in [5, 5.41) is 0.814. The van der Waals surface area contributed by atoms with E-state index >= 15 is 0 Å². The zero-order valence-electron chi connectivity index (χ0n) is 20.1.